The maximum atomic E-state index is 12.4. The second-order valence-electron chi connectivity index (χ2n) is 8.04. The van der Waals surface area contributed by atoms with Crippen molar-refractivity contribution in [1.82, 2.24) is 9.55 Å². The van der Waals surface area contributed by atoms with Crippen LogP contribution < -0.4 is 5.32 Å². The Hall–Kier alpha value is -2.10. The molecule has 0 aliphatic heterocycles. The lowest BCUT2D eigenvalue weighted by Crippen LogP contribution is -2.24. The van der Waals surface area contributed by atoms with Crippen LogP contribution in [0.4, 0.5) is 5.95 Å². The van der Waals surface area contributed by atoms with E-state index in [2.05, 4.69) is 50.2 Å². The van der Waals surface area contributed by atoms with Crippen LogP contribution in [0.15, 0.2) is 18.7 Å². The number of nitrogens with one attached hydrogen (secondary N) is 1. The smallest absolute Gasteiger partial charge is 0.227 e. The first-order valence-corrected chi connectivity index (χ1v) is 8.74. The largest absolute Gasteiger partial charge is 0.306 e. The van der Waals surface area contributed by atoms with Gasteiger partial charge in [-0.05, 0) is 43.2 Å². The van der Waals surface area contributed by atoms with E-state index in [1.807, 2.05) is 12.1 Å². The maximum Gasteiger partial charge on any atom is 0.227 e. The molecule has 1 aromatic heterocycles. The van der Waals surface area contributed by atoms with Gasteiger partial charge < -0.3 is 4.57 Å². The van der Waals surface area contributed by atoms with E-state index in [-0.39, 0.29) is 11.3 Å². The lowest BCUT2D eigenvalue weighted by molar-refractivity contribution is -0.117. The zero-order chi connectivity index (χ0) is 17.5. The summed E-state index contributed by atoms with van der Waals surface area (Å²) in [7, 11) is 0. The van der Waals surface area contributed by atoms with Gasteiger partial charge in [-0.1, -0.05) is 39.5 Å². The molecule has 0 unspecified atom stereocenters. The Morgan fingerprint density at radius 3 is 2.67 bits per heavy atom. The second kappa shape index (κ2) is 6.08. The minimum atomic E-state index is -0.0414. The number of benzene rings is 1. The normalized spacial score (nSPS) is 15.3. The summed E-state index contributed by atoms with van der Waals surface area (Å²) >= 11 is 0. The Labute approximate surface area is 144 Å². The van der Waals surface area contributed by atoms with Crippen LogP contribution in [0.1, 0.15) is 63.6 Å². The molecule has 3 rings (SSSR count). The van der Waals surface area contributed by atoms with E-state index in [9.17, 15) is 4.79 Å². The van der Waals surface area contributed by atoms with Gasteiger partial charge in [-0.2, -0.15) is 0 Å². The van der Waals surface area contributed by atoms with Gasteiger partial charge in [0, 0.05) is 18.0 Å². The van der Waals surface area contributed by atoms with Crippen molar-refractivity contribution < 1.29 is 4.79 Å². The average Bonchev–Trinajstić information content (AvgIpc) is 2.73. The molecule has 0 atom stereocenters. The molecular weight excluding hydrogens is 298 g/mol. The molecule has 4 nitrogen and oxygen atoms in total. The number of imidazole rings is 1. The van der Waals surface area contributed by atoms with Crippen molar-refractivity contribution in [3.63, 3.8) is 0 Å². The molecule has 1 saturated carbocycles. The molecule has 0 spiro atoms. The number of hydrogen-bond donors (Lipinski definition) is 1. The summed E-state index contributed by atoms with van der Waals surface area (Å²) in [6.07, 6.45) is 5.88. The molecule has 1 aliphatic rings. The lowest BCUT2D eigenvalue weighted by Gasteiger charge is -2.29. The summed E-state index contributed by atoms with van der Waals surface area (Å²) in [6, 6.07) is 4.52. The van der Waals surface area contributed by atoms with E-state index in [0.29, 0.717) is 18.4 Å². The third-order valence-electron chi connectivity index (χ3n) is 4.70. The standard InChI is InChI=1S/C20H27N3O/c1-6-15-13(2)10-11-16-18(15)23(14-8-7-9-14)19(21-16)22-17(24)12-20(3,4)5/h6,10-11,14H,1,7-9,12H2,2-5H3,(H,21,22,24). The molecule has 4 heteroatoms. The van der Waals surface area contributed by atoms with Crippen LogP contribution in [0.5, 0.6) is 0 Å². The van der Waals surface area contributed by atoms with Gasteiger partial charge in [-0.15, -0.1) is 0 Å². The predicted octanol–water partition coefficient (Wildman–Crippen LogP) is 5.09. The van der Waals surface area contributed by atoms with E-state index >= 15 is 0 Å². The molecule has 0 saturated heterocycles. The minimum absolute atomic E-state index is 0.0234. The van der Waals surface area contributed by atoms with Crippen molar-refractivity contribution in [3.8, 4) is 0 Å². The quantitative estimate of drug-likeness (QED) is 0.851. The number of fused-ring (bicyclic) bond motifs is 1. The Kier molecular flexibility index (Phi) is 4.24. The summed E-state index contributed by atoms with van der Waals surface area (Å²) in [6.45, 7) is 12.3. The fourth-order valence-electron chi connectivity index (χ4n) is 3.31. The third kappa shape index (κ3) is 3.10. The van der Waals surface area contributed by atoms with Crippen LogP contribution in [-0.2, 0) is 4.79 Å². The molecule has 1 aliphatic carbocycles. The Balaban J connectivity index is 2.07. The first-order valence-electron chi connectivity index (χ1n) is 8.74. The van der Waals surface area contributed by atoms with Gasteiger partial charge in [0.25, 0.3) is 0 Å². The Bertz CT molecular complexity index is 791. The van der Waals surface area contributed by atoms with Gasteiger partial charge in [0.2, 0.25) is 11.9 Å². The monoisotopic (exact) mass is 325 g/mol. The van der Waals surface area contributed by atoms with Crippen LogP contribution >= 0.6 is 0 Å². The Morgan fingerprint density at radius 1 is 1.42 bits per heavy atom. The number of aromatic nitrogens is 2. The van der Waals surface area contributed by atoms with E-state index < -0.39 is 0 Å². The summed E-state index contributed by atoms with van der Waals surface area (Å²) in [5.41, 5.74) is 4.28. The van der Waals surface area contributed by atoms with Crippen LogP contribution in [-0.4, -0.2) is 15.5 Å². The summed E-state index contributed by atoms with van der Waals surface area (Å²) in [4.78, 5) is 17.1. The van der Waals surface area contributed by atoms with Crippen molar-refractivity contribution >= 4 is 29.0 Å². The van der Waals surface area contributed by atoms with E-state index in [1.54, 1.807) is 0 Å². The number of anilines is 1. The van der Waals surface area contributed by atoms with Gasteiger partial charge in [-0.3, -0.25) is 10.1 Å². The van der Waals surface area contributed by atoms with Crippen molar-refractivity contribution in [2.75, 3.05) is 5.32 Å². The van der Waals surface area contributed by atoms with E-state index in [0.717, 1.165) is 29.4 Å². The average molecular weight is 325 g/mol. The fraction of sp³-hybridized carbons (Fsp3) is 0.500. The first-order chi connectivity index (χ1) is 11.3. The molecule has 1 amide bonds. The highest BCUT2D eigenvalue weighted by molar-refractivity contribution is 5.94. The molecule has 128 valence electrons. The van der Waals surface area contributed by atoms with Crippen molar-refractivity contribution in [2.45, 2.75) is 59.4 Å². The zero-order valence-corrected chi connectivity index (χ0v) is 15.1. The third-order valence-corrected chi connectivity index (χ3v) is 4.70. The highest BCUT2D eigenvalue weighted by Crippen LogP contribution is 2.39. The van der Waals surface area contributed by atoms with Gasteiger partial charge >= 0.3 is 0 Å². The summed E-state index contributed by atoms with van der Waals surface area (Å²) in [5, 5.41) is 3.06. The van der Waals surface area contributed by atoms with Crippen molar-refractivity contribution in [1.29, 1.82) is 0 Å². The maximum absolute atomic E-state index is 12.4. The number of amides is 1. The van der Waals surface area contributed by atoms with Crippen molar-refractivity contribution in [2.24, 2.45) is 5.41 Å². The van der Waals surface area contributed by atoms with E-state index in [4.69, 9.17) is 4.98 Å². The van der Waals surface area contributed by atoms with Gasteiger partial charge in [0.15, 0.2) is 0 Å². The molecule has 0 radical (unpaired) electrons. The van der Waals surface area contributed by atoms with Crippen LogP contribution in [0, 0.1) is 12.3 Å². The van der Waals surface area contributed by atoms with Crippen LogP contribution in [0.3, 0.4) is 0 Å². The predicted molar refractivity (Wildman–Crippen MR) is 100 cm³/mol. The molecule has 1 aromatic carbocycles. The SMILES string of the molecule is C=Cc1c(C)ccc2nc(NC(=O)CC(C)(C)C)n(C3CCC3)c12. The Morgan fingerprint density at radius 2 is 2.12 bits per heavy atom. The first kappa shape index (κ1) is 16.7. The molecule has 1 heterocycles. The second-order valence-corrected chi connectivity index (χ2v) is 8.04. The minimum Gasteiger partial charge on any atom is -0.306 e. The lowest BCUT2D eigenvalue weighted by atomic mass is 9.91. The zero-order valence-electron chi connectivity index (χ0n) is 15.1. The van der Waals surface area contributed by atoms with Crippen LogP contribution in [0.2, 0.25) is 0 Å². The molecule has 0 bridgehead atoms. The molecule has 24 heavy (non-hydrogen) atoms. The molecule has 1 fully saturated rings. The van der Waals surface area contributed by atoms with Gasteiger partial charge in [-0.25, -0.2) is 4.98 Å². The summed E-state index contributed by atoms with van der Waals surface area (Å²) in [5.74, 6) is 0.702. The highest BCUT2D eigenvalue weighted by atomic mass is 16.1. The molecule has 2 aromatic rings. The number of aryl methyl sites for hydroxylation is 1. The van der Waals surface area contributed by atoms with Gasteiger partial charge in [0.1, 0.15) is 0 Å². The van der Waals surface area contributed by atoms with Crippen LogP contribution in [0.25, 0.3) is 17.1 Å². The fourth-order valence-corrected chi connectivity index (χ4v) is 3.31. The number of carbonyl (C=O) groups excluding carboxylic acids is 1. The number of hydrogen-bond acceptors (Lipinski definition) is 2. The highest BCUT2D eigenvalue weighted by Gasteiger charge is 2.27. The topological polar surface area (TPSA) is 46.9 Å². The molecule has 1 N–H and O–H groups in total. The van der Waals surface area contributed by atoms with E-state index in [1.165, 1.54) is 12.0 Å². The van der Waals surface area contributed by atoms with Gasteiger partial charge in [0.05, 0.1) is 11.0 Å². The molecular formula is C20H27N3O. The summed E-state index contributed by atoms with van der Waals surface area (Å²) < 4.78 is 2.23. The van der Waals surface area contributed by atoms with Crippen molar-refractivity contribution in [3.05, 3.63) is 29.8 Å². The number of rotatable bonds is 4. The number of nitrogens with zero attached hydrogens (tertiary/aromatic N) is 2. The number of carbonyl (C=O) groups is 1.